The SMILES string of the molecule is CCc1ccc(-c2ccc3c(n2)Oc2ccccc2[C@H]3C(C)(C)C(=O)Nc2nncs2)cc1. The molecule has 5 rings (SSSR count). The number of hydrogen-bond acceptors (Lipinski definition) is 6. The molecule has 1 amide bonds. The molecule has 0 radical (unpaired) electrons. The Bertz CT molecular complexity index is 1300. The molecule has 1 atom stereocenters. The number of aromatic nitrogens is 3. The van der Waals surface area contributed by atoms with Gasteiger partial charge in [0.2, 0.25) is 16.9 Å². The first kappa shape index (κ1) is 21.3. The molecule has 1 N–H and O–H groups in total. The third kappa shape index (κ3) is 3.89. The van der Waals surface area contributed by atoms with Gasteiger partial charge in [0.05, 0.1) is 11.1 Å². The van der Waals surface area contributed by atoms with Gasteiger partial charge in [0.25, 0.3) is 0 Å². The van der Waals surface area contributed by atoms with Crippen LogP contribution in [0.15, 0.2) is 66.2 Å². The largest absolute Gasteiger partial charge is 0.438 e. The predicted octanol–water partition coefficient (Wildman–Crippen LogP) is 6.07. The molecule has 7 heteroatoms. The summed E-state index contributed by atoms with van der Waals surface area (Å²) in [5.41, 5.74) is 5.80. The van der Waals surface area contributed by atoms with Crippen LogP contribution in [0.2, 0.25) is 0 Å². The van der Waals surface area contributed by atoms with Gasteiger partial charge < -0.3 is 10.1 Å². The quantitative estimate of drug-likeness (QED) is 0.395. The van der Waals surface area contributed by atoms with Crippen LogP contribution in [0.4, 0.5) is 5.13 Å². The average Bonchev–Trinajstić information content (AvgIpc) is 3.35. The van der Waals surface area contributed by atoms with Crippen molar-refractivity contribution < 1.29 is 9.53 Å². The number of nitrogens with zero attached hydrogens (tertiary/aromatic N) is 3. The van der Waals surface area contributed by atoms with E-state index in [1.807, 2.05) is 50.2 Å². The molecule has 3 heterocycles. The van der Waals surface area contributed by atoms with Crippen LogP contribution in [0, 0.1) is 5.41 Å². The van der Waals surface area contributed by atoms with Crippen molar-refractivity contribution in [1.82, 2.24) is 15.2 Å². The van der Waals surface area contributed by atoms with Gasteiger partial charge in [0.1, 0.15) is 11.3 Å². The summed E-state index contributed by atoms with van der Waals surface area (Å²) < 4.78 is 6.23. The number of aryl methyl sites for hydroxylation is 1. The highest BCUT2D eigenvalue weighted by Gasteiger charge is 2.44. The van der Waals surface area contributed by atoms with Crippen molar-refractivity contribution in [2.45, 2.75) is 33.1 Å². The number of para-hydroxylation sites is 1. The Morgan fingerprint density at radius 2 is 1.85 bits per heavy atom. The summed E-state index contributed by atoms with van der Waals surface area (Å²) in [6.45, 7) is 6.02. The van der Waals surface area contributed by atoms with Crippen molar-refractivity contribution in [3.63, 3.8) is 0 Å². The highest BCUT2D eigenvalue weighted by Crippen LogP contribution is 2.51. The van der Waals surface area contributed by atoms with E-state index in [0.29, 0.717) is 11.0 Å². The summed E-state index contributed by atoms with van der Waals surface area (Å²) in [4.78, 5) is 18.2. The molecular weight excluding hydrogens is 432 g/mol. The number of anilines is 1. The zero-order valence-corrected chi connectivity index (χ0v) is 19.5. The fourth-order valence-corrected chi connectivity index (χ4v) is 4.74. The first-order valence-electron chi connectivity index (χ1n) is 10.9. The molecule has 6 nitrogen and oxygen atoms in total. The van der Waals surface area contributed by atoms with Gasteiger partial charge in [-0.05, 0) is 24.1 Å². The Hall–Kier alpha value is -3.58. The summed E-state index contributed by atoms with van der Waals surface area (Å²) in [6.07, 6.45) is 0.994. The predicted molar refractivity (Wildman–Crippen MR) is 130 cm³/mol. The molecule has 2 aromatic heterocycles. The molecule has 0 spiro atoms. The Balaban J connectivity index is 1.57. The maximum atomic E-state index is 13.4. The highest BCUT2D eigenvalue weighted by atomic mass is 32.1. The van der Waals surface area contributed by atoms with Gasteiger partial charge in [-0.1, -0.05) is 80.6 Å². The van der Waals surface area contributed by atoms with Crippen molar-refractivity contribution in [3.8, 4) is 22.9 Å². The van der Waals surface area contributed by atoms with Crippen molar-refractivity contribution in [2.24, 2.45) is 5.41 Å². The zero-order valence-electron chi connectivity index (χ0n) is 18.7. The Labute approximate surface area is 196 Å². The van der Waals surface area contributed by atoms with Crippen molar-refractivity contribution in [2.75, 3.05) is 5.32 Å². The molecule has 2 aromatic carbocycles. The third-order valence-electron chi connectivity index (χ3n) is 6.18. The highest BCUT2D eigenvalue weighted by molar-refractivity contribution is 7.13. The van der Waals surface area contributed by atoms with E-state index in [1.165, 1.54) is 16.9 Å². The molecule has 1 aliphatic heterocycles. The average molecular weight is 457 g/mol. The molecule has 0 saturated carbocycles. The van der Waals surface area contributed by atoms with Gasteiger partial charge in [-0.3, -0.25) is 4.79 Å². The minimum absolute atomic E-state index is 0.133. The molecule has 0 fully saturated rings. The smallest absolute Gasteiger partial charge is 0.232 e. The third-order valence-corrected chi connectivity index (χ3v) is 6.79. The standard InChI is InChI=1S/C26H24N4O2S/c1-4-16-9-11-17(12-10-16)20-14-13-19-22(18-7-5-6-8-21(18)32-23(19)28-20)26(2,3)24(31)29-25-30-27-15-33-25/h5-15,22H,4H2,1-3H3,(H,29,30,31)/t22-/m1/s1. The Morgan fingerprint density at radius 3 is 2.58 bits per heavy atom. The fraction of sp³-hybridized carbons (Fsp3) is 0.231. The number of benzene rings is 2. The van der Waals surface area contributed by atoms with E-state index in [9.17, 15) is 4.79 Å². The molecule has 33 heavy (non-hydrogen) atoms. The van der Waals surface area contributed by atoms with E-state index >= 15 is 0 Å². The van der Waals surface area contributed by atoms with Gasteiger partial charge in [0.15, 0.2) is 0 Å². The lowest BCUT2D eigenvalue weighted by molar-refractivity contribution is -0.124. The summed E-state index contributed by atoms with van der Waals surface area (Å²) in [7, 11) is 0. The lowest BCUT2D eigenvalue weighted by Crippen LogP contribution is -2.38. The number of pyridine rings is 1. The van der Waals surface area contributed by atoms with Crippen LogP contribution in [-0.2, 0) is 11.2 Å². The maximum Gasteiger partial charge on any atom is 0.232 e. The van der Waals surface area contributed by atoms with Crippen LogP contribution in [0.3, 0.4) is 0 Å². The van der Waals surface area contributed by atoms with Crippen molar-refractivity contribution in [3.05, 3.63) is 82.9 Å². The normalized spacial score (nSPS) is 14.7. The Kier molecular flexibility index (Phi) is 5.42. The minimum atomic E-state index is -0.799. The second kappa shape index (κ2) is 8.41. The molecule has 4 aromatic rings. The van der Waals surface area contributed by atoms with E-state index in [0.717, 1.165) is 34.6 Å². The molecule has 0 unspecified atom stereocenters. The number of carbonyl (C=O) groups is 1. The summed E-state index contributed by atoms with van der Waals surface area (Å²) in [5.74, 6) is 0.880. The van der Waals surface area contributed by atoms with E-state index in [2.05, 4.69) is 46.7 Å². The van der Waals surface area contributed by atoms with Crippen molar-refractivity contribution >= 4 is 22.4 Å². The first-order chi connectivity index (χ1) is 16.0. The molecule has 0 aliphatic carbocycles. The van der Waals surface area contributed by atoms with E-state index < -0.39 is 5.41 Å². The lowest BCUT2D eigenvalue weighted by atomic mass is 9.69. The number of amides is 1. The van der Waals surface area contributed by atoms with Gasteiger partial charge in [-0.15, -0.1) is 10.2 Å². The van der Waals surface area contributed by atoms with Gasteiger partial charge >= 0.3 is 0 Å². The van der Waals surface area contributed by atoms with Gasteiger partial charge in [0, 0.05) is 22.6 Å². The lowest BCUT2D eigenvalue weighted by Gasteiger charge is -2.37. The number of hydrogen-bond donors (Lipinski definition) is 1. The second-order valence-corrected chi connectivity index (χ2v) is 9.47. The van der Waals surface area contributed by atoms with Crippen LogP contribution in [0.5, 0.6) is 11.6 Å². The minimum Gasteiger partial charge on any atom is -0.438 e. The number of nitrogens with one attached hydrogen (secondary N) is 1. The van der Waals surface area contributed by atoms with E-state index in [4.69, 9.17) is 9.72 Å². The number of fused-ring (bicyclic) bond motifs is 2. The summed E-state index contributed by atoms with van der Waals surface area (Å²) >= 11 is 1.30. The molecular formula is C26H24N4O2S. The molecule has 0 saturated heterocycles. The second-order valence-electron chi connectivity index (χ2n) is 8.63. The van der Waals surface area contributed by atoms with Gasteiger partial charge in [-0.2, -0.15) is 0 Å². The van der Waals surface area contributed by atoms with Crippen LogP contribution in [0.25, 0.3) is 11.3 Å². The maximum absolute atomic E-state index is 13.4. The summed E-state index contributed by atoms with van der Waals surface area (Å²) in [5, 5.41) is 11.2. The number of carbonyl (C=O) groups excluding carboxylic acids is 1. The first-order valence-corrected chi connectivity index (χ1v) is 11.8. The zero-order chi connectivity index (χ0) is 23.0. The van der Waals surface area contributed by atoms with Crippen LogP contribution in [-0.4, -0.2) is 21.1 Å². The number of ether oxygens (including phenoxy) is 1. The Morgan fingerprint density at radius 1 is 1.06 bits per heavy atom. The van der Waals surface area contributed by atoms with Gasteiger partial charge in [-0.25, -0.2) is 4.98 Å². The molecule has 0 bridgehead atoms. The van der Waals surface area contributed by atoms with Crippen LogP contribution in [0.1, 0.15) is 43.4 Å². The fourth-order valence-electron chi connectivity index (χ4n) is 4.30. The van der Waals surface area contributed by atoms with Crippen LogP contribution >= 0.6 is 11.3 Å². The molecule has 1 aliphatic rings. The van der Waals surface area contributed by atoms with Crippen LogP contribution < -0.4 is 10.1 Å². The van der Waals surface area contributed by atoms with E-state index in [-0.39, 0.29) is 11.8 Å². The van der Waals surface area contributed by atoms with E-state index in [1.54, 1.807) is 5.51 Å². The van der Waals surface area contributed by atoms with Crippen molar-refractivity contribution in [1.29, 1.82) is 0 Å². The molecule has 166 valence electrons. The summed E-state index contributed by atoms with van der Waals surface area (Å²) in [6, 6.07) is 20.3. The monoisotopic (exact) mass is 456 g/mol. The topological polar surface area (TPSA) is 77.0 Å². The number of rotatable bonds is 5.